The number of carbonyl (C=O) groups is 1. The van der Waals surface area contributed by atoms with E-state index >= 15 is 0 Å². The number of ether oxygens (including phenoxy) is 2. The van der Waals surface area contributed by atoms with Gasteiger partial charge in [-0.3, -0.25) is 23.7 Å². The summed E-state index contributed by atoms with van der Waals surface area (Å²) in [5, 5.41) is 2.92. The summed E-state index contributed by atoms with van der Waals surface area (Å²) < 4.78 is 36.0. The fourth-order valence-electron chi connectivity index (χ4n) is 3.15. The second kappa shape index (κ2) is 10.5. The van der Waals surface area contributed by atoms with Gasteiger partial charge in [-0.25, -0.2) is 14.4 Å². The van der Waals surface area contributed by atoms with E-state index in [0.717, 1.165) is 0 Å². The molecule has 13 heteroatoms. The van der Waals surface area contributed by atoms with E-state index in [1.54, 1.807) is 12.1 Å². The molecule has 0 spiro atoms. The average molecular weight is 488 g/mol. The third kappa shape index (κ3) is 6.30. The van der Waals surface area contributed by atoms with Crippen LogP contribution in [0.1, 0.15) is 19.6 Å². The zero-order valence-corrected chi connectivity index (χ0v) is 19.0. The van der Waals surface area contributed by atoms with Gasteiger partial charge in [0.2, 0.25) is 0 Å². The van der Waals surface area contributed by atoms with Crippen molar-refractivity contribution in [3.8, 4) is 5.75 Å². The second-order valence-corrected chi connectivity index (χ2v) is 9.32. The van der Waals surface area contributed by atoms with E-state index in [0.29, 0.717) is 11.4 Å². The number of rotatable bonds is 9. The molecule has 0 radical (unpaired) electrons. The monoisotopic (exact) mass is 487 g/mol. The summed E-state index contributed by atoms with van der Waals surface area (Å²) in [6.45, 7) is 1.33. The molecule has 0 bridgehead atoms. The molecule has 1 fully saturated rings. The van der Waals surface area contributed by atoms with E-state index in [4.69, 9.17) is 25.4 Å². The van der Waals surface area contributed by atoms with Crippen molar-refractivity contribution in [1.29, 1.82) is 0 Å². The molecule has 11 nitrogen and oxygen atoms in total. The number of halogens is 1. The van der Waals surface area contributed by atoms with E-state index in [9.17, 15) is 18.9 Å². The fraction of sp³-hybridized carbons (Fsp3) is 0.421. The first-order chi connectivity index (χ1) is 15.2. The van der Waals surface area contributed by atoms with E-state index in [-0.39, 0.29) is 18.3 Å². The normalized spacial score (nSPS) is 22.3. The summed E-state index contributed by atoms with van der Waals surface area (Å²) in [5.74, 6) is -0.531. The number of hydrogen-bond acceptors (Lipinski definition) is 8. The van der Waals surface area contributed by atoms with E-state index < -0.39 is 43.8 Å². The largest absolute Gasteiger partial charge is 0.468 e. The number of esters is 1. The molecule has 32 heavy (non-hydrogen) atoms. The summed E-state index contributed by atoms with van der Waals surface area (Å²) in [6, 6.07) is 7.34. The maximum Gasteiger partial charge on any atom is 0.459 e. The Hall–Kier alpha value is -2.43. The smallest absolute Gasteiger partial charge is 0.459 e. The molecule has 2 N–H and O–H groups in total. The molecule has 0 saturated carbocycles. The highest BCUT2D eigenvalue weighted by Gasteiger charge is 2.37. The molecule has 2 heterocycles. The van der Waals surface area contributed by atoms with Gasteiger partial charge in [-0.1, -0.05) is 18.5 Å². The molecule has 4 unspecified atom stereocenters. The number of nitrogens with zero attached hydrogens (tertiary/aromatic N) is 1. The van der Waals surface area contributed by atoms with Crippen LogP contribution in [0.5, 0.6) is 5.75 Å². The number of benzene rings is 1. The predicted octanol–water partition coefficient (Wildman–Crippen LogP) is 2.08. The number of carbonyl (C=O) groups excluding carboxylic acids is 1. The highest BCUT2D eigenvalue weighted by molar-refractivity contribution is 7.52. The van der Waals surface area contributed by atoms with Gasteiger partial charge in [0.15, 0.2) is 0 Å². The van der Waals surface area contributed by atoms with Gasteiger partial charge >= 0.3 is 19.4 Å². The van der Waals surface area contributed by atoms with Crippen molar-refractivity contribution in [3.05, 3.63) is 62.4 Å². The molecule has 0 aliphatic carbocycles. The molecule has 3 rings (SSSR count). The zero-order valence-electron chi connectivity index (χ0n) is 17.4. The van der Waals surface area contributed by atoms with Crippen LogP contribution in [0.25, 0.3) is 0 Å². The van der Waals surface area contributed by atoms with Gasteiger partial charge in [0.1, 0.15) is 18.5 Å². The predicted molar refractivity (Wildman–Crippen MR) is 115 cm³/mol. The molecule has 1 aliphatic rings. The molecule has 1 aliphatic heterocycles. The summed E-state index contributed by atoms with van der Waals surface area (Å²) in [5.41, 5.74) is -1.10. The molecule has 1 aromatic heterocycles. The number of hydrogen-bond donors (Lipinski definition) is 2. The van der Waals surface area contributed by atoms with Gasteiger partial charge < -0.3 is 14.0 Å². The number of aromatic amines is 1. The lowest BCUT2D eigenvalue weighted by Crippen LogP contribution is -2.33. The third-order valence-electron chi connectivity index (χ3n) is 4.69. The summed E-state index contributed by atoms with van der Waals surface area (Å²) in [6.07, 6.45) is 0.704. The molecular formula is C19H23ClN3O8P. The molecule has 0 amide bonds. The summed E-state index contributed by atoms with van der Waals surface area (Å²) >= 11 is 5.86. The van der Waals surface area contributed by atoms with E-state index in [2.05, 4.69) is 14.8 Å². The van der Waals surface area contributed by atoms with E-state index in [1.165, 1.54) is 36.1 Å². The van der Waals surface area contributed by atoms with Crippen molar-refractivity contribution in [2.24, 2.45) is 5.92 Å². The lowest BCUT2D eigenvalue weighted by Gasteiger charge is -2.22. The van der Waals surface area contributed by atoms with Crippen LogP contribution < -0.4 is 20.9 Å². The maximum absolute atomic E-state index is 13.2. The number of aromatic nitrogens is 2. The van der Waals surface area contributed by atoms with Crippen LogP contribution >= 0.6 is 19.3 Å². The van der Waals surface area contributed by atoms with Gasteiger partial charge in [0, 0.05) is 23.2 Å². The van der Waals surface area contributed by atoms with Gasteiger partial charge in [-0.2, -0.15) is 0 Å². The van der Waals surface area contributed by atoms with Crippen molar-refractivity contribution in [1.82, 2.24) is 14.6 Å². The SMILES string of the molecule is COC(=O)CNP(=O)(OCC1CC(C)C(n2ccc(=O)[nH]c2=O)O1)Oc1ccc(Cl)cc1. The average Bonchev–Trinajstić information content (AvgIpc) is 3.13. The Kier molecular flexibility index (Phi) is 7.91. The Morgan fingerprint density at radius 3 is 2.69 bits per heavy atom. The highest BCUT2D eigenvalue weighted by atomic mass is 35.5. The minimum Gasteiger partial charge on any atom is -0.468 e. The van der Waals surface area contributed by atoms with Crippen molar-refractivity contribution in [3.63, 3.8) is 0 Å². The number of nitrogens with one attached hydrogen (secondary N) is 2. The summed E-state index contributed by atoms with van der Waals surface area (Å²) in [4.78, 5) is 37.0. The first kappa shape index (κ1) is 24.2. The van der Waals surface area contributed by atoms with Crippen molar-refractivity contribution in [2.75, 3.05) is 20.3 Å². The van der Waals surface area contributed by atoms with Crippen LogP contribution in [0.3, 0.4) is 0 Å². The van der Waals surface area contributed by atoms with Crippen LogP contribution in [-0.2, 0) is 23.4 Å². The maximum atomic E-state index is 13.2. The minimum atomic E-state index is -3.99. The zero-order chi connectivity index (χ0) is 23.3. The second-order valence-electron chi connectivity index (χ2n) is 7.13. The van der Waals surface area contributed by atoms with Crippen molar-refractivity contribution < 1.29 is 27.9 Å². The lowest BCUT2D eigenvalue weighted by molar-refractivity contribution is -0.139. The molecule has 1 aromatic carbocycles. The molecule has 2 aromatic rings. The number of methoxy groups -OCH3 is 1. The van der Waals surface area contributed by atoms with Gasteiger partial charge in [-0.15, -0.1) is 0 Å². The van der Waals surface area contributed by atoms with Gasteiger partial charge in [-0.05, 0) is 30.7 Å². The quantitative estimate of drug-likeness (QED) is 0.402. The van der Waals surface area contributed by atoms with Crippen LogP contribution in [0, 0.1) is 5.92 Å². The standard InChI is InChI=1S/C19H23ClN3O8P/c1-12-9-15(30-18(12)23-8-7-16(24)22-19(23)26)11-29-32(27,21-10-17(25)28-2)31-14-5-3-13(20)4-6-14/h3-8,12,15,18H,9-11H2,1-2H3,(H,21,27)(H,22,24,26). The number of H-pyrrole nitrogens is 1. The molecule has 1 saturated heterocycles. The van der Waals surface area contributed by atoms with Crippen molar-refractivity contribution in [2.45, 2.75) is 25.7 Å². The molecular weight excluding hydrogens is 465 g/mol. The lowest BCUT2D eigenvalue weighted by atomic mass is 10.1. The van der Waals surface area contributed by atoms with Crippen LogP contribution in [0.15, 0.2) is 46.1 Å². The Labute approximate surface area is 188 Å². The van der Waals surface area contributed by atoms with Crippen LogP contribution in [0.2, 0.25) is 5.02 Å². The van der Waals surface area contributed by atoms with Crippen LogP contribution in [-0.4, -0.2) is 41.9 Å². The Morgan fingerprint density at radius 1 is 1.31 bits per heavy atom. The summed E-state index contributed by atoms with van der Waals surface area (Å²) in [7, 11) is -2.80. The Bertz CT molecular complexity index is 1100. The highest BCUT2D eigenvalue weighted by Crippen LogP contribution is 2.45. The molecule has 4 atom stereocenters. The van der Waals surface area contributed by atoms with Gasteiger partial charge in [0.25, 0.3) is 5.56 Å². The molecule has 174 valence electrons. The first-order valence-corrected chi connectivity index (χ1v) is 11.6. The van der Waals surface area contributed by atoms with Crippen molar-refractivity contribution >= 4 is 25.3 Å². The third-order valence-corrected chi connectivity index (χ3v) is 6.43. The van der Waals surface area contributed by atoms with Crippen LogP contribution in [0.4, 0.5) is 0 Å². The minimum absolute atomic E-state index is 0.0909. The van der Waals surface area contributed by atoms with Gasteiger partial charge in [0.05, 0.1) is 19.8 Å². The first-order valence-electron chi connectivity index (χ1n) is 9.68. The Balaban J connectivity index is 1.68. The fourth-order valence-corrected chi connectivity index (χ4v) is 4.57. The Morgan fingerprint density at radius 2 is 2.03 bits per heavy atom. The van der Waals surface area contributed by atoms with E-state index in [1.807, 2.05) is 6.92 Å². The topological polar surface area (TPSA) is 138 Å².